The molecular weight excluding hydrogens is 273 g/mol. The molecule has 1 aromatic carbocycles. The lowest BCUT2D eigenvalue weighted by Crippen LogP contribution is -2.11. The molecule has 0 radical (unpaired) electrons. The van der Waals surface area contributed by atoms with E-state index in [9.17, 15) is 9.18 Å². The van der Waals surface area contributed by atoms with Crippen LogP contribution in [0.2, 0.25) is 0 Å². The van der Waals surface area contributed by atoms with Crippen molar-refractivity contribution in [1.82, 2.24) is 10.2 Å². The number of benzene rings is 1. The Morgan fingerprint density at radius 2 is 2.17 bits per heavy atom. The first-order valence-corrected chi connectivity index (χ1v) is 7.05. The molecule has 1 aromatic heterocycles. The molecule has 18 heavy (non-hydrogen) atoms. The summed E-state index contributed by atoms with van der Waals surface area (Å²) in [6.07, 6.45) is 0.377. The highest BCUT2D eigenvalue weighted by atomic mass is 32.2. The van der Waals surface area contributed by atoms with Crippen LogP contribution < -0.4 is 5.32 Å². The number of nitrogens with one attached hydrogen (secondary N) is 1. The molecule has 0 fully saturated rings. The summed E-state index contributed by atoms with van der Waals surface area (Å²) in [7, 11) is 0. The van der Waals surface area contributed by atoms with Crippen molar-refractivity contribution in [3.05, 3.63) is 35.6 Å². The third-order valence-electron chi connectivity index (χ3n) is 2.02. The minimum absolute atomic E-state index is 0.0960. The van der Waals surface area contributed by atoms with Gasteiger partial charge in [0.25, 0.3) is 0 Å². The van der Waals surface area contributed by atoms with E-state index >= 15 is 0 Å². The highest BCUT2D eigenvalue weighted by molar-refractivity contribution is 7.99. The highest BCUT2D eigenvalue weighted by Gasteiger charge is 2.04. The summed E-state index contributed by atoms with van der Waals surface area (Å²) in [4.78, 5) is 12.5. The molecule has 0 aliphatic rings. The molecule has 0 aliphatic heterocycles. The third kappa shape index (κ3) is 4.08. The van der Waals surface area contributed by atoms with Crippen LogP contribution in [-0.4, -0.2) is 21.9 Å². The first kappa shape index (κ1) is 13.0. The maximum Gasteiger partial charge on any atom is 0.227 e. The van der Waals surface area contributed by atoms with Gasteiger partial charge >= 0.3 is 0 Å². The zero-order valence-corrected chi connectivity index (χ0v) is 10.9. The molecule has 0 saturated carbocycles. The van der Waals surface area contributed by atoms with Crippen molar-refractivity contribution < 1.29 is 9.18 Å². The van der Waals surface area contributed by atoms with Gasteiger partial charge in [-0.3, -0.25) is 4.79 Å². The van der Waals surface area contributed by atoms with E-state index in [2.05, 4.69) is 15.5 Å². The van der Waals surface area contributed by atoms with Crippen LogP contribution in [0.15, 0.2) is 34.7 Å². The monoisotopic (exact) mass is 283 g/mol. The largest absolute Gasteiger partial charge is 0.301 e. The second kappa shape index (κ2) is 6.46. The van der Waals surface area contributed by atoms with Crippen molar-refractivity contribution in [2.75, 3.05) is 11.1 Å². The van der Waals surface area contributed by atoms with Gasteiger partial charge in [-0.05, 0) is 24.3 Å². The molecule has 0 saturated heterocycles. The second-order valence-electron chi connectivity index (χ2n) is 3.34. The fourth-order valence-corrected chi connectivity index (χ4v) is 2.51. The molecule has 1 heterocycles. The second-order valence-corrected chi connectivity index (χ2v) is 5.35. The molecule has 2 rings (SSSR count). The molecule has 0 aliphatic carbocycles. The maximum absolute atomic E-state index is 12.7. The molecular formula is C11H10FN3OS2. The number of amides is 1. The average molecular weight is 283 g/mol. The lowest BCUT2D eigenvalue weighted by atomic mass is 10.4. The Kier molecular flexibility index (Phi) is 4.66. The molecule has 1 N–H and O–H groups in total. The zero-order chi connectivity index (χ0) is 12.8. The van der Waals surface area contributed by atoms with E-state index in [0.29, 0.717) is 17.3 Å². The Labute approximate surface area is 112 Å². The van der Waals surface area contributed by atoms with E-state index in [1.54, 1.807) is 17.6 Å². The number of rotatable bonds is 5. The summed E-state index contributed by atoms with van der Waals surface area (Å²) in [5.41, 5.74) is 1.56. The quantitative estimate of drug-likeness (QED) is 0.857. The van der Waals surface area contributed by atoms with Gasteiger partial charge in [-0.1, -0.05) is 11.3 Å². The predicted octanol–water partition coefficient (Wildman–Crippen LogP) is 2.80. The van der Waals surface area contributed by atoms with Gasteiger partial charge in [-0.2, -0.15) is 0 Å². The number of aromatic nitrogens is 2. The van der Waals surface area contributed by atoms with Crippen LogP contribution in [0.4, 0.5) is 9.52 Å². The molecule has 0 atom stereocenters. The number of halogens is 1. The van der Waals surface area contributed by atoms with Gasteiger partial charge in [0.05, 0.1) is 0 Å². The first-order chi connectivity index (χ1) is 8.74. The van der Waals surface area contributed by atoms with E-state index in [-0.39, 0.29) is 11.7 Å². The van der Waals surface area contributed by atoms with Gasteiger partial charge < -0.3 is 5.32 Å². The molecule has 0 unspecified atom stereocenters. The van der Waals surface area contributed by atoms with E-state index in [4.69, 9.17) is 0 Å². The van der Waals surface area contributed by atoms with Gasteiger partial charge in [0.15, 0.2) is 0 Å². The molecule has 2 aromatic rings. The van der Waals surface area contributed by atoms with E-state index in [1.165, 1.54) is 35.2 Å². The zero-order valence-electron chi connectivity index (χ0n) is 9.30. The van der Waals surface area contributed by atoms with Crippen LogP contribution in [0.25, 0.3) is 0 Å². The topological polar surface area (TPSA) is 54.9 Å². The van der Waals surface area contributed by atoms with E-state index in [1.807, 2.05) is 0 Å². The predicted molar refractivity (Wildman–Crippen MR) is 70.3 cm³/mol. The van der Waals surface area contributed by atoms with Crippen LogP contribution >= 0.6 is 23.1 Å². The number of carbonyl (C=O) groups is 1. The van der Waals surface area contributed by atoms with Crippen molar-refractivity contribution >= 4 is 34.1 Å². The van der Waals surface area contributed by atoms with Crippen LogP contribution in [0, 0.1) is 5.82 Å². The van der Waals surface area contributed by atoms with Crippen molar-refractivity contribution in [2.24, 2.45) is 0 Å². The number of hydrogen-bond donors (Lipinski definition) is 1. The summed E-state index contributed by atoms with van der Waals surface area (Å²) >= 11 is 2.79. The first-order valence-electron chi connectivity index (χ1n) is 5.18. The smallest absolute Gasteiger partial charge is 0.227 e. The lowest BCUT2D eigenvalue weighted by Gasteiger charge is -2.02. The van der Waals surface area contributed by atoms with Gasteiger partial charge in [-0.15, -0.1) is 22.0 Å². The Balaban J connectivity index is 1.72. The van der Waals surface area contributed by atoms with Gasteiger partial charge in [-0.25, -0.2) is 4.39 Å². The molecule has 4 nitrogen and oxygen atoms in total. The summed E-state index contributed by atoms with van der Waals surface area (Å²) < 4.78 is 12.7. The number of hydrogen-bond acceptors (Lipinski definition) is 5. The van der Waals surface area contributed by atoms with Crippen molar-refractivity contribution in [3.63, 3.8) is 0 Å². The van der Waals surface area contributed by atoms with E-state index < -0.39 is 0 Å². The van der Waals surface area contributed by atoms with Gasteiger partial charge in [0, 0.05) is 17.1 Å². The average Bonchev–Trinajstić information content (AvgIpc) is 2.84. The summed E-state index contributed by atoms with van der Waals surface area (Å²) in [5, 5.41) is 10.5. The standard InChI is InChI=1S/C11H10FN3OS2/c12-8-1-3-9(4-2-8)17-6-5-10(16)14-11-15-13-7-18-11/h1-4,7H,5-6H2,(H,14,15,16). The normalized spacial score (nSPS) is 10.3. The Morgan fingerprint density at radius 3 is 2.83 bits per heavy atom. The Morgan fingerprint density at radius 1 is 1.39 bits per heavy atom. The molecule has 7 heteroatoms. The fraction of sp³-hybridized carbons (Fsp3) is 0.182. The van der Waals surface area contributed by atoms with Crippen molar-refractivity contribution in [3.8, 4) is 0 Å². The van der Waals surface area contributed by atoms with Crippen LogP contribution in [0.3, 0.4) is 0 Å². The van der Waals surface area contributed by atoms with Crippen LogP contribution in [0.1, 0.15) is 6.42 Å². The minimum atomic E-state index is -0.256. The third-order valence-corrected chi connectivity index (χ3v) is 3.64. The van der Waals surface area contributed by atoms with Gasteiger partial charge in [0.2, 0.25) is 11.0 Å². The van der Waals surface area contributed by atoms with Gasteiger partial charge in [0.1, 0.15) is 11.3 Å². The summed E-state index contributed by atoms with van der Waals surface area (Å²) in [6, 6.07) is 6.21. The minimum Gasteiger partial charge on any atom is -0.301 e. The summed E-state index contributed by atoms with van der Waals surface area (Å²) in [6.45, 7) is 0. The Hall–Kier alpha value is -1.47. The van der Waals surface area contributed by atoms with Crippen LogP contribution in [0.5, 0.6) is 0 Å². The summed E-state index contributed by atoms with van der Waals surface area (Å²) in [5.74, 6) is 0.283. The molecule has 1 amide bonds. The Bertz CT molecular complexity index is 502. The number of thioether (sulfide) groups is 1. The van der Waals surface area contributed by atoms with Crippen molar-refractivity contribution in [2.45, 2.75) is 11.3 Å². The number of anilines is 1. The van der Waals surface area contributed by atoms with Crippen LogP contribution in [-0.2, 0) is 4.79 Å². The maximum atomic E-state index is 12.7. The highest BCUT2D eigenvalue weighted by Crippen LogP contribution is 2.19. The van der Waals surface area contributed by atoms with Crippen molar-refractivity contribution in [1.29, 1.82) is 0 Å². The number of nitrogens with zero attached hydrogens (tertiary/aromatic N) is 2. The van der Waals surface area contributed by atoms with E-state index in [0.717, 1.165) is 4.90 Å². The lowest BCUT2D eigenvalue weighted by molar-refractivity contribution is -0.115. The molecule has 0 bridgehead atoms. The molecule has 0 spiro atoms. The molecule has 94 valence electrons. The fourth-order valence-electron chi connectivity index (χ4n) is 1.20. The number of carbonyl (C=O) groups excluding carboxylic acids is 1. The SMILES string of the molecule is O=C(CCSc1ccc(F)cc1)Nc1nncs1.